The molecule has 1 amide bonds. The molecule has 0 saturated carbocycles. The Balaban J connectivity index is 1.74. The molecule has 0 spiro atoms. The number of aliphatic hydroxyl groups is 1. The van der Waals surface area contributed by atoms with E-state index in [9.17, 15) is 9.90 Å². The lowest BCUT2D eigenvalue weighted by Crippen LogP contribution is -2.36. The van der Waals surface area contributed by atoms with Gasteiger partial charge in [0.15, 0.2) is 0 Å². The molecule has 0 radical (unpaired) electrons. The highest BCUT2D eigenvalue weighted by atomic mass is 32.2. The van der Waals surface area contributed by atoms with Crippen LogP contribution in [0.15, 0.2) is 60.7 Å². The van der Waals surface area contributed by atoms with Crippen molar-refractivity contribution >= 4 is 17.7 Å². The van der Waals surface area contributed by atoms with Crippen molar-refractivity contribution in [1.82, 2.24) is 4.90 Å². The van der Waals surface area contributed by atoms with Crippen LogP contribution in [-0.4, -0.2) is 34.3 Å². The first-order valence-corrected chi connectivity index (χ1v) is 8.45. The number of β-amino-alcohol motifs (C(OH)–C–C–N with tert-alkyl or cyclic N) is 1. The zero-order chi connectivity index (χ0) is 15.4. The van der Waals surface area contributed by atoms with Crippen molar-refractivity contribution in [2.24, 2.45) is 0 Å². The zero-order valence-electron chi connectivity index (χ0n) is 12.3. The largest absolute Gasteiger partial charge is 0.390 e. The molecule has 3 rings (SSSR count). The Hall–Kier alpha value is -1.78. The van der Waals surface area contributed by atoms with Crippen LogP contribution < -0.4 is 0 Å². The molecule has 2 atom stereocenters. The summed E-state index contributed by atoms with van der Waals surface area (Å²) in [6.45, 7) is 0.930. The normalized spacial score (nSPS) is 22.4. The number of benzene rings is 2. The van der Waals surface area contributed by atoms with Crippen molar-refractivity contribution in [3.8, 4) is 0 Å². The van der Waals surface area contributed by atoms with Crippen LogP contribution in [0, 0.1) is 0 Å². The number of carbonyl (C=O) groups excluding carboxylic acids is 1. The summed E-state index contributed by atoms with van der Waals surface area (Å²) >= 11 is 1.53. The first kappa shape index (κ1) is 15.1. The smallest absolute Gasteiger partial charge is 0.232 e. The highest BCUT2D eigenvalue weighted by Gasteiger charge is 2.30. The number of hydrogen-bond acceptors (Lipinski definition) is 3. The van der Waals surface area contributed by atoms with Gasteiger partial charge in [-0.15, -0.1) is 11.8 Å². The number of thioether (sulfide) groups is 1. The Morgan fingerprint density at radius 2 is 1.68 bits per heavy atom. The number of amides is 1. The molecular formula is C18H19NO2S. The molecule has 1 aliphatic rings. The molecule has 1 heterocycles. The van der Waals surface area contributed by atoms with Gasteiger partial charge in [-0.2, -0.15) is 0 Å². The van der Waals surface area contributed by atoms with E-state index in [4.69, 9.17) is 0 Å². The zero-order valence-corrected chi connectivity index (χ0v) is 13.1. The molecule has 4 heteroatoms. The average Bonchev–Trinajstić information content (AvgIpc) is 2.69. The summed E-state index contributed by atoms with van der Waals surface area (Å²) in [4.78, 5) is 14.1. The molecule has 1 N–H and O–H groups in total. The molecule has 0 bridgehead atoms. The van der Waals surface area contributed by atoms with Crippen molar-refractivity contribution in [2.75, 3.05) is 12.3 Å². The molecule has 0 unspecified atom stereocenters. The van der Waals surface area contributed by atoms with Gasteiger partial charge in [0.25, 0.3) is 0 Å². The lowest BCUT2D eigenvalue weighted by Gasteiger charge is -2.24. The van der Waals surface area contributed by atoms with Crippen LogP contribution in [0.5, 0.6) is 0 Å². The van der Waals surface area contributed by atoms with Crippen molar-refractivity contribution in [1.29, 1.82) is 0 Å². The minimum absolute atomic E-state index is 0.0501. The van der Waals surface area contributed by atoms with Gasteiger partial charge in [0.2, 0.25) is 5.91 Å². The Morgan fingerprint density at radius 1 is 1.05 bits per heavy atom. The van der Waals surface area contributed by atoms with E-state index in [1.165, 1.54) is 11.8 Å². The van der Waals surface area contributed by atoms with Gasteiger partial charge in [-0.25, -0.2) is 0 Å². The predicted molar refractivity (Wildman–Crippen MR) is 89.5 cm³/mol. The highest BCUT2D eigenvalue weighted by Crippen LogP contribution is 2.35. The molecule has 1 fully saturated rings. The van der Waals surface area contributed by atoms with E-state index in [0.29, 0.717) is 18.8 Å². The van der Waals surface area contributed by atoms with Gasteiger partial charge in [0, 0.05) is 13.1 Å². The van der Waals surface area contributed by atoms with Gasteiger partial charge in [-0.05, 0) is 11.1 Å². The Kier molecular flexibility index (Phi) is 4.80. The Bertz CT molecular complexity index is 617. The van der Waals surface area contributed by atoms with E-state index < -0.39 is 6.10 Å². The fourth-order valence-corrected chi connectivity index (χ4v) is 3.87. The topological polar surface area (TPSA) is 40.5 Å². The van der Waals surface area contributed by atoms with Crippen molar-refractivity contribution in [2.45, 2.75) is 17.9 Å². The van der Waals surface area contributed by atoms with Crippen LogP contribution in [0.4, 0.5) is 0 Å². The van der Waals surface area contributed by atoms with E-state index in [1.54, 1.807) is 4.90 Å². The van der Waals surface area contributed by atoms with Gasteiger partial charge >= 0.3 is 0 Å². The van der Waals surface area contributed by atoms with E-state index in [0.717, 1.165) is 11.1 Å². The third-order valence-electron chi connectivity index (χ3n) is 3.84. The van der Waals surface area contributed by atoms with Gasteiger partial charge in [-0.1, -0.05) is 60.7 Å². The van der Waals surface area contributed by atoms with E-state index in [1.807, 2.05) is 60.7 Å². The summed E-state index contributed by atoms with van der Waals surface area (Å²) in [5.41, 5.74) is 2.17. The summed E-state index contributed by atoms with van der Waals surface area (Å²) in [7, 11) is 0. The molecule has 2 aromatic rings. The SMILES string of the molecule is O=C1CS[C@@H](c2ccccc2)[C@H](O)CN1Cc1ccccc1. The van der Waals surface area contributed by atoms with Gasteiger partial charge < -0.3 is 10.0 Å². The fourth-order valence-electron chi connectivity index (χ4n) is 2.70. The van der Waals surface area contributed by atoms with Gasteiger partial charge in [0.05, 0.1) is 17.1 Å². The molecule has 2 aromatic carbocycles. The number of rotatable bonds is 3. The Morgan fingerprint density at radius 3 is 2.36 bits per heavy atom. The molecule has 22 heavy (non-hydrogen) atoms. The van der Waals surface area contributed by atoms with E-state index in [2.05, 4.69) is 0 Å². The van der Waals surface area contributed by atoms with Crippen molar-refractivity contribution in [3.63, 3.8) is 0 Å². The number of hydrogen-bond donors (Lipinski definition) is 1. The van der Waals surface area contributed by atoms with Crippen LogP contribution in [-0.2, 0) is 11.3 Å². The minimum atomic E-state index is -0.553. The highest BCUT2D eigenvalue weighted by molar-refractivity contribution is 8.00. The van der Waals surface area contributed by atoms with Crippen molar-refractivity contribution in [3.05, 3.63) is 71.8 Å². The third kappa shape index (κ3) is 3.51. The molecule has 3 nitrogen and oxygen atoms in total. The second-order valence-electron chi connectivity index (χ2n) is 5.47. The summed E-state index contributed by atoms with van der Waals surface area (Å²) in [5.74, 6) is 0.495. The maximum atomic E-state index is 12.3. The first-order valence-electron chi connectivity index (χ1n) is 7.40. The predicted octanol–water partition coefficient (Wildman–Crippen LogP) is 2.86. The third-order valence-corrected chi connectivity index (χ3v) is 5.20. The van der Waals surface area contributed by atoms with Crippen LogP contribution in [0.3, 0.4) is 0 Å². The lowest BCUT2D eigenvalue weighted by atomic mass is 10.1. The molecular weight excluding hydrogens is 294 g/mol. The standard InChI is InChI=1S/C18H19NO2S/c20-16-12-19(11-14-7-3-1-4-8-14)17(21)13-22-18(16)15-9-5-2-6-10-15/h1-10,16,18,20H,11-13H2/t16-,18+/m1/s1. The summed E-state index contributed by atoms with van der Waals surface area (Å²) in [6, 6.07) is 19.8. The molecule has 1 aliphatic heterocycles. The molecule has 0 aliphatic carbocycles. The summed E-state index contributed by atoms with van der Waals surface area (Å²) in [5, 5.41) is 10.5. The second-order valence-corrected chi connectivity index (χ2v) is 6.60. The van der Waals surface area contributed by atoms with E-state index >= 15 is 0 Å². The van der Waals surface area contributed by atoms with E-state index in [-0.39, 0.29) is 11.2 Å². The Labute approximate surface area is 135 Å². The van der Waals surface area contributed by atoms with Crippen LogP contribution in [0.2, 0.25) is 0 Å². The number of aliphatic hydroxyl groups excluding tert-OH is 1. The maximum Gasteiger partial charge on any atom is 0.232 e. The molecule has 114 valence electrons. The monoisotopic (exact) mass is 313 g/mol. The average molecular weight is 313 g/mol. The van der Waals surface area contributed by atoms with Gasteiger partial charge in [-0.3, -0.25) is 4.79 Å². The van der Waals surface area contributed by atoms with Crippen LogP contribution in [0.1, 0.15) is 16.4 Å². The number of nitrogens with zero attached hydrogens (tertiary/aromatic N) is 1. The summed E-state index contributed by atoms with van der Waals surface area (Å²) < 4.78 is 0. The fraction of sp³-hybridized carbons (Fsp3) is 0.278. The molecule has 0 aromatic heterocycles. The second kappa shape index (κ2) is 6.99. The number of carbonyl (C=O) groups is 1. The van der Waals surface area contributed by atoms with Crippen LogP contribution in [0.25, 0.3) is 0 Å². The van der Waals surface area contributed by atoms with Crippen LogP contribution >= 0.6 is 11.8 Å². The minimum Gasteiger partial charge on any atom is -0.390 e. The lowest BCUT2D eigenvalue weighted by molar-refractivity contribution is -0.130. The summed E-state index contributed by atoms with van der Waals surface area (Å²) in [6.07, 6.45) is -0.553. The van der Waals surface area contributed by atoms with Gasteiger partial charge in [0.1, 0.15) is 0 Å². The first-order chi connectivity index (χ1) is 10.7. The maximum absolute atomic E-state index is 12.3. The molecule has 1 saturated heterocycles. The quantitative estimate of drug-likeness (QED) is 0.947. The van der Waals surface area contributed by atoms with Crippen molar-refractivity contribution < 1.29 is 9.90 Å².